The molecule has 0 bridgehead atoms. The Bertz CT molecular complexity index is 1100. The molecule has 0 saturated heterocycles. The Morgan fingerprint density at radius 3 is 2.23 bits per heavy atom. The lowest BCUT2D eigenvalue weighted by molar-refractivity contribution is -0.116. The zero-order valence-corrected chi connectivity index (χ0v) is 18.3. The lowest BCUT2D eigenvalue weighted by Crippen LogP contribution is -2.37. The number of carbonyl (C=O) groups is 1. The molecule has 2 aromatic carbocycles. The molecule has 3 rings (SSSR count). The van der Waals surface area contributed by atoms with Crippen LogP contribution in [0.25, 0.3) is 0 Å². The minimum atomic E-state index is -3.94. The number of furan rings is 1. The number of ether oxygens (including phenoxy) is 2. The van der Waals surface area contributed by atoms with Crippen LogP contribution in [0.5, 0.6) is 11.5 Å². The van der Waals surface area contributed by atoms with Crippen LogP contribution < -0.4 is 14.8 Å². The van der Waals surface area contributed by atoms with Crippen LogP contribution in [0.2, 0.25) is 0 Å². The third-order valence-corrected chi connectivity index (χ3v) is 6.33. The number of methoxy groups -OCH3 is 2. The van der Waals surface area contributed by atoms with Gasteiger partial charge in [-0.3, -0.25) is 4.79 Å². The minimum Gasteiger partial charge on any atom is -0.497 e. The Kier molecular flexibility index (Phi) is 6.98. The maximum Gasteiger partial charge on any atom is 0.243 e. The van der Waals surface area contributed by atoms with Gasteiger partial charge in [-0.1, -0.05) is 17.7 Å². The van der Waals surface area contributed by atoms with Crippen molar-refractivity contribution in [1.82, 2.24) is 4.31 Å². The van der Waals surface area contributed by atoms with E-state index in [4.69, 9.17) is 13.9 Å². The largest absolute Gasteiger partial charge is 0.497 e. The van der Waals surface area contributed by atoms with Crippen molar-refractivity contribution in [2.24, 2.45) is 0 Å². The van der Waals surface area contributed by atoms with E-state index < -0.39 is 22.5 Å². The summed E-state index contributed by atoms with van der Waals surface area (Å²) in [4.78, 5) is 12.9. The van der Waals surface area contributed by atoms with E-state index >= 15 is 0 Å². The first-order chi connectivity index (χ1) is 14.8. The third-order valence-electron chi connectivity index (χ3n) is 4.53. The van der Waals surface area contributed by atoms with Crippen molar-refractivity contribution in [2.45, 2.75) is 18.4 Å². The molecule has 1 heterocycles. The minimum absolute atomic E-state index is 0.0853. The Balaban J connectivity index is 1.85. The van der Waals surface area contributed by atoms with Crippen molar-refractivity contribution >= 4 is 21.6 Å². The van der Waals surface area contributed by atoms with Crippen LogP contribution in [0.4, 0.5) is 5.69 Å². The Morgan fingerprint density at radius 1 is 1.03 bits per heavy atom. The molecular formula is C22H24N2O6S. The van der Waals surface area contributed by atoms with E-state index in [0.717, 1.165) is 9.87 Å². The smallest absolute Gasteiger partial charge is 0.243 e. The van der Waals surface area contributed by atoms with Gasteiger partial charge in [0.25, 0.3) is 0 Å². The van der Waals surface area contributed by atoms with Gasteiger partial charge in [0.1, 0.15) is 17.3 Å². The second-order valence-corrected chi connectivity index (χ2v) is 8.75. The molecule has 31 heavy (non-hydrogen) atoms. The van der Waals surface area contributed by atoms with E-state index in [1.54, 1.807) is 42.5 Å². The van der Waals surface area contributed by atoms with Crippen LogP contribution in [0.3, 0.4) is 0 Å². The van der Waals surface area contributed by atoms with Gasteiger partial charge in [0.05, 0.1) is 38.5 Å². The van der Waals surface area contributed by atoms with Crippen LogP contribution in [0.15, 0.2) is 70.2 Å². The molecule has 0 spiro atoms. The van der Waals surface area contributed by atoms with Gasteiger partial charge in [0.15, 0.2) is 0 Å². The zero-order chi connectivity index (χ0) is 22.4. The molecule has 0 fully saturated rings. The predicted molar refractivity (Wildman–Crippen MR) is 116 cm³/mol. The van der Waals surface area contributed by atoms with Crippen molar-refractivity contribution in [3.63, 3.8) is 0 Å². The molecule has 0 unspecified atom stereocenters. The molecule has 1 aromatic heterocycles. The maximum atomic E-state index is 13.2. The molecule has 0 aliphatic rings. The number of anilines is 1. The fourth-order valence-electron chi connectivity index (χ4n) is 2.90. The molecule has 0 atom stereocenters. The molecule has 3 aromatic rings. The van der Waals surface area contributed by atoms with Crippen molar-refractivity contribution in [1.29, 1.82) is 0 Å². The van der Waals surface area contributed by atoms with Crippen molar-refractivity contribution < 1.29 is 27.1 Å². The van der Waals surface area contributed by atoms with Crippen LogP contribution in [-0.2, 0) is 21.4 Å². The van der Waals surface area contributed by atoms with E-state index in [9.17, 15) is 13.2 Å². The molecular weight excluding hydrogens is 420 g/mol. The molecule has 164 valence electrons. The summed E-state index contributed by atoms with van der Waals surface area (Å²) in [6.07, 6.45) is 1.45. The number of benzene rings is 2. The number of sulfonamides is 1. The first-order valence-electron chi connectivity index (χ1n) is 9.44. The zero-order valence-electron chi connectivity index (χ0n) is 17.5. The van der Waals surface area contributed by atoms with Crippen LogP contribution in [0, 0.1) is 6.92 Å². The molecule has 9 heteroatoms. The average molecular weight is 445 g/mol. The molecule has 0 radical (unpaired) electrons. The van der Waals surface area contributed by atoms with Crippen molar-refractivity contribution in [2.75, 3.05) is 26.1 Å². The highest BCUT2D eigenvalue weighted by Gasteiger charge is 2.28. The lowest BCUT2D eigenvalue weighted by Gasteiger charge is -2.21. The third kappa shape index (κ3) is 5.65. The number of nitrogens with zero attached hydrogens (tertiary/aromatic N) is 1. The van der Waals surface area contributed by atoms with Crippen LogP contribution in [0.1, 0.15) is 11.3 Å². The average Bonchev–Trinajstić information content (AvgIpc) is 3.26. The van der Waals surface area contributed by atoms with Crippen molar-refractivity contribution in [3.8, 4) is 11.5 Å². The van der Waals surface area contributed by atoms with Gasteiger partial charge in [0.2, 0.25) is 15.9 Å². The predicted octanol–water partition coefficient (Wildman–Crippen LogP) is 3.43. The Labute approximate surface area is 181 Å². The number of rotatable bonds is 9. The summed E-state index contributed by atoms with van der Waals surface area (Å²) in [6, 6.07) is 14.7. The summed E-state index contributed by atoms with van der Waals surface area (Å²) in [5, 5.41) is 2.70. The highest BCUT2D eigenvalue weighted by atomic mass is 32.2. The van der Waals surface area contributed by atoms with E-state index in [-0.39, 0.29) is 11.4 Å². The normalized spacial score (nSPS) is 11.4. The first-order valence-corrected chi connectivity index (χ1v) is 10.9. The summed E-state index contributed by atoms with van der Waals surface area (Å²) >= 11 is 0. The number of carbonyl (C=O) groups excluding carboxylic acids is 1. The van der Waals surface area contributed by atoms with Gasteiger partial charge in [-0.15, -0.1) is 0 Å². The van der Waals surface area contributed by atoms with Gasteiger partial charge in [-0.25, -0.2) is 8.42 Å². The lowest BCUT2D eigenvalue weighted by atomic mass is 10.2. The highest BCUT2D eigenvalue weighted by molar-refractivity contribution is 7.89. The number of hydrogen-bond acceptors (Lipinski definition) is 6. The Hall–Kier alpha value is -3.30. The summed E-state index contributed by atoms with van der Waals surface area (Å²) in [6.45, 7) is 1.38. The van der Waals surface area contributed by atoms with Gasteiger partial charge < -0.3 is 19.2 Å². The monoisotopic (exact) mass is 444 g/mol. The summed E-state index contributed by atoms with van der Waals surface area (Å²) in [5.41, 5.74) is 1.35. The summed E-state index contributed by atoms with van der Waals surface area (Å²) < 4.78 is 43.2. The fraction of sp³-hybridized carbons (Fsp3) is 0.227. The number of hydrogen-bond donors (Lipinski definition) is 1. The maximum absolute atomic E-state index is 13.2. The summed E-state index contributed by atoms with van der Waals surface area (Å²) in [7, 11) is -0.945. The molecule has 0 saturated carbocycles. The van der Waals surface area contributed by atoms with E-state index in [2.05, 4.69) is 5.32 Å². The number of nitrogens with one attached hydrogen (secondary N) is 1. The molecule has 0 aliphatic carbocycles. The van der Waals surface area contributed by atoms with Crippen molar-refractivity contribution in [3.05, 3.63) is 72.2 Å². The van der Waals surface area contributed by atoms with Gasteiger partial charge in [0, 0.05) is 23.9 Å². The fourth-order valence-corrected chi connectivity index (χ4v) is 4.26. The first kappa shape index (κ1) is 22.4. The van der Waals surface area contributed by atoms with Crippen LogP contribution >= 0.6 is 0 Å². The number of aryl methyl sites for hydroxylation is 1. The molecule has 0 aliphatic heterocycles. The Morgan fingerprint density at radius 2 is 1.68 bits per heavy atom. The second kappa shape index (κ2) is 9.67. The van der Waals surface area contributed by atoms with Crippen LogP contribution in [-0.4, -0.2) is 39.4 Å². The molecule has 8 nitrogen and oxygen atoms in total. The van der Waals surface area contributed by atoms with Gasteiger partial charge in [-0.05, 0) is 31.2 Å². The molecule has 1 N–H and O–H groups in total. The highest BCUT2D eigenvalue weighted by Crippen LogP contribution is 2.26. The number of amides is 1. The quantitative estimate of drug-likeness (QED) is 0.543. The van der Waals surface area contributed by atoms with Gasteiger partial charge >= 0.3 is 0 Å². The second-order valence-electron chi connectivity index (χ2n) is 6.82. The SMILES string of the molecule is COc1cc(NC(=O)CN(Cc2ccco2)S(=O)(=O)c2ccc(C)cc2)cc(OC)c1. The standard InChI is InChI=1S/C22H24N2O6S/c1-16-6-8-21(9-7-16)31(26,27)24(14-18-5-4-10-30-18)15-22(25)23-17-11-19(28-2)13-20(12-17)29-3/h4-13H,14-15H2,1-3H3,(H,23,25). The molecule has 1 amide bonds. The van der Waals surface area contributed by atoms with Gasteiger partial charge in [-0.2, -0.15) is 4.31 Å². The summed E-state index contributed by atoms with van der Waals surface area (Å²) in [5.74, 6) is 0.896. The van der Waals surface area contributed by atoms with E-state index in [1.165, 1.54) is 32.6 Å². The topological polar surface area (TPSA) is 98.1 Å². The van der Waals surface area contributed by atoms with E-state index in [0.29, 0.717) is 22.9 Å². The van der Waals surface area contributed by atoms with E-state index in [1.807, 2.05) is 6.92 Å².